The second kappa shape index (κ2) is 4.98. The van der Waals surface area contributed by atoms with E-state index in [4.69, 9.17) is 9.47 Å². The van der Waals surface area contributed by atoms with Crippen LogP contribution in [0.25, 0.3) is 0 Å². The number of halogens is 4. The molecule has 3 aliphatic carbocycles. The molecule has 142 valence electrons. The molecule has 1 aromatic carbocycles. The smallest absolute Gasteiger partial charge is 0.316 e. The number of ether oxygens (including phenoxy) is 2. The predicted octanol–water partition coefficient (Wildman–Crippen LogP) is 3.75. The van der Waals surface area contributed by atoms with Gasteiger partial charge < -0.3 is 9.47 Å². The van der Waals surface area contributed by atoms with Crippen molar-refractivity contribution in [2.75, 3.05) is 13.7 Å². The average molecular weight is 380 g/mol. The summed E-state index contributed by atoms with van der Waals surface area (Å²) in [5, 5.41) is 0. The number of methoxy groups -OCH3 is 1. The van der Waals surface area contributed by atoms with Gasteiger partial charge in [-0.15, -0.1) is 0 Å². The van der Waals surface area contributed by atoms with Crippen LogP contribution in [0.3, 0.4) is 0 Å². The molecule has 1 unspecified atom stereocenters. The normalized spacial score (nSPS) is 33.8. The zero-order chi connectivity index (χ0) is 19.1. The number of nitrogens with zero attached hydrogens (tertiary/aromatic N) is 2. The van der Waals surface area contributed by atoms with Crippen LogP contribution >= 0.6 is 0 Å². The molecule has 2 bridgehead atoms. The van der Waals surface area contributed by atoms with E-state index in [1.165, 1.54) is 7.11 Å². The Bertz CT molecular complexity index is 908. The summed E-state index contributed by atoms with van der Waals surface area (Å²) in [6, 6.07) is 2.88. The van der Waals surface area contributed by atoms with Crippen LogP contribution in [0.4, 0.5) is 17.6 Å². The van der Waals surface area contributed by atoms with Crippen molar-refractivity contribution >= 4 is 0 Å². The maximum Gasteiger partial charge on any atom is 0.316 e. The Labute approximate surface area is 152 Å². The summed E-state index contributed by atoms with van der Waals surface area (Å²) in [4.78, 5) is 8.11. The number of rotatable bonds is 5. The topological polar surface area (TPSA) is 47.5 Å². The summed E-state index contributed by atoms with van der Waals surface area (Å²) in [5.74, 6) is -5.07. The summed E-state index contributed by atoms with van der Waals surface area (Å²) in [7, 11) is 1.45. The van der Waals surface area contributed by atoms with Crippen LogP contribution in [0.1, 0.15) is 30.4 Å². The molecule has 4 fully saturated rings. The van der Waals surface area contributed by atoms with E-state index in [1.807, 2.05) is 0 Å². The fraction of sp³-hybridized carbons (Fsp3) is 0.474. The van der Waals surface area contributed by atoms with E-state index in [9.17, 15) is 8.78 Å². The average Bonchev–Trinajstić information content (AvgIpc) is 3.35. The van der Waals surface area contributed by atoms with Gasteiger partial charge in [0.1, 0.15) is 11.6 Å². The van der Waals surface area contributed by atoms with Gasteiger partial charge in [0.2, 0.25) is 0 Å². The Morgan fingerprint density at radius 3 is 2.26 bits per heavy atom. The highest BCUT2D eigenvalue weighted by atomic mass is 19.3. The molecule has 8 heteroatoms. The van der Waals surface area contributed by atoms with E-state index in [1.54, 1.807) is 12.4 Å². The van der Waals surface area contributed by atoms with Gasteiger partial charge in [-0.25, -0.2) is 27.5 Å². The van der Waals surface area contributed by atoms with Gasteiger partial charge in [-0.2, -0.15) is 0 Å². The summed E-state index contributed by atoms with van der Waals surface area (Å²) in [5.41, 5.74) is -3.09. The van der Waals surface area contributed by atoms with Gasteiger partial charge in [0.25, 0.3) is 5.92 Å². The van der Waals surface area contributed by atoms with Crippen molar-refractivity contribution in [1.29, 1.82) is 0 Å². The first kappa shape index (κ1) is 16.9. The van der Waals surface area contributed by atoms with Crippen LogP contribution in [-0.4, -0.2) is 29.6 Å². The van der Waals surface area contributed by atoms with Crippen molar-refractivity contribution in [3.63, 3.8) is 0 Å². The second-order valence-corrected chi connectivity index (χ2v) is 7.86. The first-order valence-corrected chi connectivity index (χ1v) is 8.61. The van der Waals surface area contributed by atoms with Crippen LogP contribution in [0.15, 0.2) is 30.6 Å². The molecule has 0 spiro atoms. The monoisotopic (exact) mass is 380 g/mol. The van der Waals surface area contributed by atoms with E-state index >= 15 is 8.78 Å². The van der Waals surface area contributed by atoms with E-state index in [2.05, 4.69) is 9.97 Å². The first-order chi connectivity index (χ1) is 12.8. The minimum Gasteiger partial charge on any atom is -0.467 e. The Kier molecular flexibility index (Phi) is 3.12. The van der Waals surface area contributed by atoms with Gasteiger partial charge in [0.15, 0.2) is 5.60 Å². The lowest BCUT2D eigenvalue weighted by atomic mass is 9.31. The molecule has 6 rings (SSSR count). The molecule has 3 saturated carbocycles. The zero-order valence-corrected chi connectivity index (χ0v) is 14.4. The largest absolute Gasteiger partial charge is 0.467 e. The molecule has 0 amide bonds. The van der Waals surface area contributed by atoms with Gasteiger partial charge >= 0.3 is 6.01 Å². The van der Waals surface area contributed by atoms with E-state index in [0.717, 1.165) is 17.7 Å². The quantitative estimate of drug-likeness (QED) is 0.586. The minimum atomic E-state index is -3.26. The van der Waals surface area contributed by atoms with Crippen LogP contribution in [0.2, 0.25) is 0 Å². The Morgan fingerprint density at radius 1 is 1.11 bits per heavy atom. The standard InChI is InChI=1S/C19H16F4N2O2/c1-26-15-24-5-11(6-25-15)16-7-17(8-16,9-16)19(22,23)18(10-27-18)13-3-2-12(20)4-14(13)21/h2-6H,7-10H2,1H3. The number of epoxide rings is 1. The maximum absolute atomic E-state index is 15.5. The molecule has 1 saturated heterocycles. The van der Waals surface area contributed by atoms with E-state index in [0.29, 0.717) is 6.07 Å². The maximum atomic E-state index is 15.5. The molecule has 2 aromatic rings. The van der Waals surface area contributed by atoms with Crippen molar-refractivity contribution in [2.24, 2.45) is 5.41 Å². The Hall–Kier alpha value is -2.22. The summed E-state index contributed by atoms with van der Waals surface area (Å²) in [6.07, 6.45) is 4.00. The summed E-state index contributed by atoms with van der Waals surface area (Å²) < 4.78 is 68.3. The highest BCUT2D eigenvalue weighted by Crippen LogP contribution is 2.81. The molecule has 4 aliphatic rings. The fourth-order valence-electron chi connectivity index (χ4n) is 4.95. The second-order valence-electron chi connectivity index (χ2n) is 7.86. The minimum absolute atomic E-state index is 0.225. The van der Waals surface area contributed by atoms with Crippen LogP contribution in [-0.2, 0) is 15.8 Å². The van der Waals surface area contributed by atoms with Crippen molar-refractivity contribution < 1.29 is 27.0 Å². The van der Waals surface area contributed by atoms with Crippen LogP contribution in [0, 0.1) is 17.0 Å². The van der Waals surface area contributed by atoms with Gasteiger partial charge in [0, 0.05) is 34.9 Å². The number of alkyl halides is 2. The van der Waals surface area contributed by atoms with Gasteiger partial charge in [-0.1, -0.05) is 0 Å². The lowest BCUT2D eigenvalue weighted by Crippen LogP contribution is -2.74. The molecule has 1 aromatic heterocycles. The third-order valence-corrected chi connectivity index (χ3v) is 6.43. The SMILES string of the molecule is COc1ncc(C23CC(C(F)(F)C4(c5ccc(F)cc5F)CO4)(C2)C3)cn1. The molecular weight excluding hydrogens is 364 g/mol. The Balaban J connectivity index is 1.41. The zero-order valence-electron chi connectivity index (χ0n) is 14.4. The van der Waals surface area contributed by atoms with Gasteiger partial charge in [0.05, 0.1) is 13.7 Å². The number of hydrogen-bond donors (Lipinski definition) is 0. The fourth-order valence-corrected chi connectivity index (χ4v) is 4.95. The molecule has 4 nitrogen and oxygen atoms in total. The number of aromatic nitrogens is 2. The highest BCUT2D eigenvalue weighted by molar-refractivity contribution is 5.43. The van der Waals surface area contributed by atoms with Crippen molar-refractivity contribution in [3.05, 3.63) is 53.4 Å². The molecule has 0 N–H and O–H groups in total. The third-order valence-electron chi connectivity index (χ3n) is 6.43. The first-order valence-electron chi connectivity index (χ1n) is 8.61. The lowest BCUT2D eigenvalue weighted by Gasteiger charge is -2.73. The van der Waals surface area contributed by atoms with Gasteiger partial charge in [-0.05, 0) is 37.0 Å². The van der Waals surface area contributed by atoms with Crippen molar-refractivity contribution in [1.82, 2.24) is 9.97 Å². The van der Waals surface area contributed by atoms with E-state index in [-0.39, 0.29) is 42.9 Å². The number of benzene rings is 1. The summed E-state index contributed by atoms with van der Waals surface area (Å²) in [6.45, 7) is -0.275. The van der Waals surface area contributed by atoms with Gasteiger partial charge in [-0.3, -0.25) is 0 Å². The van der Waals surface area contributed by atoms with Crippen molar-refractivity contribution in [3.8, 4) is 6.01 Å². The van der Waals surface area contributed by atoms with E-state index < -0.39 is 28.6 Å². The molecular formula is C19H16F4N2O2. The molecule has 27 heavy (non-hydrogen) atoms. The number of hydrogen-bond acceptors (Lipinski definition) is 4. The molecule has 2 heterocycles. The lowest BCUT2D eigenvalue weighted by molar-refractivity contribution is -0.306. The third kappa shape index (κ3) is 1.96. The molecule has 0 radical (unpaired) electrons. The van der Waals surface area contributed by atoms with Crippen LogP contribution < -0.4 is 4.74 Å². The predicted molar refractivity (Wildman–Crippen MR) is 85.5 cm³/mol. The Morgan fingerprint density at radius 2 is 1.74 bits per heavy atom. The highest BCUT2D eigenvalue weighted by Gasteiger charge is 2.85. The van der Waals surface area contributed by atoms with Crippen molar-refractivity contribution in [2.45, 2.75) is 36.2 Å². The molecule has 1 atom stereocenters. The van der Waals surface area contributed by atoms with Crippen LogP contribution in [0.5, 0.6) is 6.01 Å². The summed E-state index contributed by atoms with van der Waals surface area (Å²) >= 11 is 0. The molecule has 1 aliphatic heterocycles.